The number of aliphatic hydroxyl groups is 1. The van der Waals surface area contributed by atoms with Gasteiger partial charge >= 0.3 is 0 Å². The number of nitrogens with zero attached hydrogens (tertiary/aromatic N) is 2. The summed E-state index contributed by atoms with van der Waals surface area (Å²) in [5, 5.41) is 9.11. The second kappa shape index (κ2) is 9.03. The molecular formula is C21H36N2O3S. The second-order valence-corrected chi connectivity index (χ2v) is 10.3. The maximum atomic E-state index is 13.6. The predicted molar refractivity (Wildman–Crippen MR) is 111 cm³/mol. The molecule has 154 valence electrons. The van der Waals surface area contributed by atoms with Gasteiger partial charge < -0.3 is 5.11 Å². The molecule has 1 heterocycles. The highest BCUT2D eigenvalue weighted by Gasteiger charge is 2.33. The maximum absolute atomic E-state index is 13.6. The van der Waals surface area contributed by atoms with Crippen molar-refractivity contribution in [3.63, 3.8) is 0 Å². The minimum atomic E-state index is -3.55. The number of rotatable bonds is 7. The molecule has 5 nitrogen and oxygen atoms in total. The number of hydrogen-bond donors (Lipinski definition) is 1. The quantitative estimate of drug-likeness (QED) is 0.768. The Morgan fingerprint density at radius 3 is 1.74 bits per heavy atom. The number of sulfonamides is 1. The van der Waals surface area contributed by atoms with E-state index in [1.54, 1.807) is 4.31 Å². The van der Waals surface area contributed by atoms with E-state index >= 15 is 0 Å². The standard InChI is InChI=1S/C21H36N2O3S/c1-15(2)18-13-19(16(3)4)21(20(14-18)17(5)6)27(25,26)23-9-7-22(8-10-23)11-12-24/h13-17,24H,7-12H2,1-6H3. The van der Waals surface area contributed by atoms with E-state index in [4.69, 9.17) is 5.11 Å². The van der Waals surface area contributed by atoms with Crippen LogP contribution in [0.1, 0.15) is 76.0 Å². The fourth-order valence-electron chi connectivity index (χ4n) is 3.65. The van der Waals surface area contributed by atoms with Gasteiger partial charge in [0.15, 0.2) is 0 Å². The van der Waals surface area contributed by atoms with E-state index in [0.717, 1.165) is 11.1 Å². The first-order valence-corrected chi connectivity index (χ1v) is 11.5. The van der Waals surface area contributed by atoms with Crippen molar-refractivity contribution < 1.29 is 13.5 Å². The summed E-state index contributed by atoms with van der Waals surface area (Å²) in [6, 6.07) is 4.19. The van der Waals surface area contributed by atoms with Crippen molar-refractivity contribution >= 4 is 10.0 Å². The highest BCUT2D eigenvalue weighted by atomic mass is 32.2. The van der Waals surface area contributed by atoms with Crippen molar-refractivity contribution in [2.45, 2.75) is 64.2 Å². The molecule has 0 saturated carbocycles. The van der Waals surface area contributed by atoms with Crippen LogP contribution in [0.4, 0.5) is 0 Å². The Morgan fingerprint density at radius 1 is 0.889 bits per heavy atom. The van der Waals surface area contributed by atoms with Crippen molar-refractivity contribution in [1.29, 1.82) is 0 Å². The summed E-state index contributed by atoms with van der Waals surface area (Å²) in [4.78, 5) is 2.63. The molecule has 0 amide bonds. The minimum absolute atomic E-state index is 0.110. The van der Waals surface area contributed by atoms with Crippen molar-refractivity contribution in [3.8, 4) is 0 Å². The first-order valence-electron chi connectivity index (χ1n) is 10.1. The summed E-state index contributed by atoms with van der Waals surface area (Å²) < 4.78 is 28.9. The van der Waals surface area contributed by atoms with Gasteiger partial charge in [-0.15, -0.1) is 0 Å². The zero-order valence-electron chi connectivity index (χ0n) is 17.7. The van der Waals surface area contributed by atoms with Gasteiger partial charge in [0.05, 0.1) is 11.5 Å². The van der Waals surface area contributed by atoms with Gasteiger partial charge in [0.1, 0.15) is 0 Å². The molecule has 1 saturated heterocycles. The van der Waals surface area contributed by atoms with Crippen molar-refractivity contribution in [2.24, 2.45) is 0 Å². The van der Waals surface area contributed by atoms with Gasteiger partial charge in [0.2, 0.25) is 10.0 Å². The van der Waals surface area contributed by atoms with E-state index in [0.29, 0.717) is 43.5 Å². The average Bonchev–Trinajstić information content (AvgIpc) is 2.61. The van der Waals surface area contributed by atoms with Gasteiger partial charge in [0.25, 0.3) is 0 Å². The average molecular weight is 397 g/mol. The Kier molecular flexibility index (Phi) is 7.47. The van der Waals surface area contributed by atoms with Crippen LogP contribution in [-0.4, -0.2) is 62.1 Å². The van der Waals surface area contributed by atoms with Gasteiger partial charge in [-0.25, -0.2) is 8.42 Å². The van der Waals surface area contributed by atoms with E-state index in [9.17, 15) is 8.42 Å². The lowest BCUT2D eigenvalue weighted by Crippen LogP contribution is -2.49. The molecular weight excluding hydrogens is 360 g/mol. The molecule has 0 spiro atoms. The van der Waals surface area contributed by atoms with Crippen LogP contribution in [0.5, 0.6) is 0 Å². The van der Waals surface area contributed by atoms with Gasteiger partial charge in [-0.2, -0.15) is 4.31 Å². The summed E-state index contributed by atoms with van der Waals surface area (Å²) in [7, 11) is -3.55. The SMILES string of the molecule is CC(C)c1cc(C(C)C)c(S(=O)(=O)N2CCN(CCO)CC2)c(C(C)C)c1. The van der Waals surface area contributed by atoms with Crippen LogP contribution in [-0.2, 0) is 10.0 Å². The third-order valence-corrected chi connectivity index (χ3v) is 7.46. The molecule has 0 bridgehead atoms. The monoisotopic (exact) mass is 396 g/mol. The summed E-state index contributed by atoms with van der Waals surface area (Å²) in [5.74, 6) is 0.641. The third kappa shape index (κ3) is 4.91. The highest BCUT2D eigenvalue weighted by molar-refractivity contribution is 7.89. The normalized spacial score (nSPS) is 17.4. The molecule has 1 aromatic carbocycles. The molecule has 2 rings (SSSR count). The maximum Gasteiger partial charge on any atom is 0.243 e. The zero-order chi connectivity index (χ0) is 20.4. The lowest BCUT2D eigenvalue weighted by atomic mass is 9.89. The zero-order valence-corrected chi connectivity index (χ0v) is 18.5. The van der Waals surface area contributed by atoms with Crippen LogP contribution in [0.2, 0.25) is 0 Å². The Balaban J connectivity index is 2.52. The van der Waals surface area contributed by atoms with Crippen LogP contribution >= 0.6 is 0 Å². The van der Waals surface area contributed by atoms with Crippen LogP contribution in [0, 0.1) is 0 Å². The Labute approximate surface area is 165 Å². The number of hydrogen-bond acceptors (Lipinski definition) is 4. The van der Waals surface area contributed by atoms with E-state index in [1.165, 1.54) is 5.56 Å². The first-order chi connectivity index (χ1) is 12.6. The molecule has 0 unspecified atom stereocenters. The number of β-amino-alcohol motifs (C(OH)–C–C–N with tert-alkyl or cyclic N) is 1. The number of benzene rings is 1. The van der Waals surface area contributed by atoms with Gasteiger partial charge in [-0.05, 0) is 34.4 Å². The largest absolute Gasteiger partial charge is 0.395 e. The fourth-order valence-corrected chi connectivity index (χ4v) is 5.74. The molecule has 0 aliphatic carbocycles. The fraction of sp³-hybridized carbons (Fsp3) is 0.714. The molecule has 1 aliphatic heterocycles. The molecule has 0 atom stereocenters. The molecule has 1 aliphatic rings. The molecule has 1 N–H and O–H groups in total. The van der Waals surface area contributed by atoms with Gasteiger partial charge in [-0.3, -0.25) is 4.90 Å². The van der Waals surface area contributed by atoms with Crippen molar-refractivity contribution in [3.05, 3.63) is 28.8 Å². The van der Waals surface area contributed by atoms with Crippen LogP contribution in [0.15, 0.2) is 17.0 Å². The molecule has 27 heavy (non-hydrogen) atoms. The van der Waals surface area contributed by atoms with Gasteiger partial charge in [0, 0.05) is 32.7 Å². The van der Waals surface area contributed by atoms with Crippen LogP contribution in [0.25, 0.3) is 0 Å². The van der Waals surface area contributed by atoms with E-state index < -0.39 is 10.0 Å². The molecule has 6 heteroatoms. The predicted octanol–water partition coefficient (Wildman–Crippen LogP) is 3.36. The molecule has 0 radical (unpaired) electrons. The topological polar surface area (TPSA) is 60.9 Å². The van der Waals surface area contributed by atoms with E-state index in [1.807, 2.05) is 0 Å². The summed E-state index contributed by atoms with van der Waals surface area (Å²) in [6.45, 7) is 15.6. The molecule has 1 fully saturated rings. The number of piperazine rings is 1. The first kappa shape index (κ1) is 22.3. The third-order valence-electron chi connectivity index (χ3n) is 5.42. The summed E-state index contributed by atoms with van der Waals surface area (Å²) in [5.41, 5.74) is 3.07. The summed E-state index contributed by atoms with van der Waals surface area (Å²) >= 11 is 0. The number of aliphatic hydroxyl groups excluding tert-OH is 1. The lowest BCUT2D eigenvalue weighted by Gasteiger charge is -2.35. The van der Waals surface area contributed by atoms with Crippen LogP contribution in [0.3, 0.4) is 0 Å². The van der Waals surface area contributed by atoms with Crippen molar-refractivity contribution in [1.82, 2.24) is 9.21 Å². The summed E-state index contributed by atoms with van der Waals surface area (Å²) in [6.07, 6.45) is 0. The Bertz CT molecular complexity index is 705. The second-order valence-electron chi connectivity index (χ2n) is 8.46. The minimum Gasteiger partial charge on any atom is -0.395 e. The highest BCUT2D eigenvalue weighted by Crippen LogP contribution is 2.36. The lowest BCUT2D eigenvalue weighted by molar-refractivity contribution is 0.151. The Hall–Kier alpha value is -0.950. The van der Waals surface area contributed by atoms with Crippen molar-refractivity contribution in [2.75, 3.05) is 39.3 Å². The smallest absolute Gasteiger partial charge is 0.243 e. The van der Waals surface area contributed by atoms with E-state index in [2.05, 4.69) is 58.6 Å². The Morgan fingerprint density at radius 2 is 1.37 bits per heavy atom. The van der Waals surface area contributed by atoms with Crippen LogP contribution < -0.4 is 0 Å². The molecule has 0 aromatic heterocycles. The van der Waals surface area contributed by atoms with E-state index in [-0.39, 0.29) is 18.4 Å². The molecule has 1 aromatic rings. The van der Waals surface area contributed by atoms with Gasteiger partial charge in [-0.1, -0.05) is 53.7 Å².